The Morgan fingerprint density at radius 1 is 1.48 bits per heavy atom. The second kappa shape index (κ2) is 7.33. The van der Waals surface area contributed by atoms with E-state index in [1.807, 2.05) is 6.92 Å². The van der Waals surface area contributed by atoms with Crippen LogP contribution in [0.15, 0.2) is 12.4 Å². The zero-order chi connectivity index (χ0) is 16.2. The second-order valence-electron chi connectivity index (χ2n) is 6.15. The summed E-state index contributed by atoms with van der Waals surface area (Å²) in [6, 6.07) is 0.333. The molecule has 2 aliphatic rings. The number of nitrogens with one attached hydrogen (secondary N) is 1. The van der Waals surface area contributed by atoms with Gasteiger partial charge in [0, 0.05) is 38.9 Å². The molecule has 0 bridgehead atoms. The summed E-state index contributed by atoms with van der Waals surface area (Å²) >= 11 is 0. The number of hydrogen-bond acceptors (Lipinski definition) is 6. The number of methoxy groups -OCH3 is 1. The smallest absolute Gasteiger partial charge is 0.249 e. The number of carbonyl (C=O) groups excluding carboxylic acids is 1. The molecule has 0 aromatic carbocycles. The third-order valence-corrected chi connectivity index (χ3v) is 4.55. The first-order valence-corrected chi connectivity index (χ1v) is 8.11. The van der Waals surface area contributed by atoms with Crippen molar-refractivity contribution in [3.8, 4) is 0 Å². The van der Waals surface area contributed by atoms with Crippen molar-refractivity contribution < 1.29 is 14.3 Å². The Hall–Kier alpha value is -1.57. The zero-order valence-electron chi connectivity index (χ0n) is 13.7. The minimum Gasteiger partial charge on any atom is -0.383 e. The van der Waals surface area contributed by atoms with Crippen molar-refractivity contribution in [3.63, 3.8) is 0 Å². The van der Waals surface area contributed by atoms with Crippen LogP contribution in [0.3, 0.4) is 0 Å². The van der Waals surface area contributed by atoms with Crippen LogP contribution in [-0.2, 0) is 20.8 Å². The van der Waals surface area contributed by atoms with Crippen molar-refractivity contribution in [2.75, 3.05) is 26.8 Å². The van der Waals surface area contributed by atoms with E-state index in [1.165, 1.54) is 0 Å². The molecule has 3 atom stereocenters. The summed E-state index contributed by atoms with van der Waals surface area (Å²) in [6.07, 6.45) is 4.93. The molecule has 2 fully saturated rings. The van der Waals surface area contributed by atoms with E-state index >= 15 is 0 Å². The molecule has 1 aromatic heterocycles. The van der Waals surface area contributed by atoms with Crippen molar-refractivity contribution in [2.24, 2.45) is 0 Å². The quantitative estimate of drug-likeness (QED) is 0.811. The fourth-order valence-electron chi connectivity index (χ4n) is 3.29. The van der Waals surface area contributed by atoms with Gasteiger partial charge in [0.2, 0.25) is 5.91 Å². The molecule has 2 aliphatic heterocycles. The molecule has 0 radical (unpaired) electrons. The van der Waals surface area contributed by atoms with Gasteiger partial charge in [-0.25, -0.2) is 0 Å². The highest BCUT2D eigenvalue weighted by molar-refractivity contribution is 5.81. The van der Waals surface area contributed by atoms with Crippen LogP contribution in [0.5, 0.6) is 0 Å². The maximum absolute atomic E-state index is 12.3. The van der Waals surface area contributed by atoms with E-state index < -0.39 is 0 Å². The van der Waals surface area contributed by atoms with Gasteiger partial charge in [0.15, 0.2) is 0 Å². The van der Waals surface area contributed by atoms with Crippen LogP contribution in [-0.4, -0.2) is 65.8 Å². The SMILES string of the molecule is COCCN1CC[C@H]2O[C@H](C(=O)NCc3cnc(C)cn3)C[C@H]21. The third-order valence-electron chi connectivity index (χ3n) is 4.55. The number of aryl methyl sites for hydroxylation is 1. The molecule has 2 saturated heterocycles. The number of ether oxygens (including phenoxy) is 2. The predicted molar refractivity (Wildman–Crippen MR) is 83.7 cm³/mol. The van der Waals surface area contributed by atoms with Gasteiger partial charge in [-0.3, -0.25) is 19.7 Å². The molecular formula is C16H24N4O3. The van der Waals surface area contributed by atoms with Crippen molar-refractivity contribution in [3.05, 3.63) is 23.8 Å². The summed E-state index contributed by atoms with van der Waals surface area (Å²) in [6.45, 7) is 4.90. The van der Waals surface area contributed by atoms with Gasteiger partial charge < -0.3 is 14.8 Å². The van der Waals surface area contributed by atoms with Crippen molar-refractivity contribution in [2.45, 2.75) is 44.6 Å². The van der Waals surface area contributed by atoms with E-state index in [1.54, 1.807) is 19.5 Å². The van der Waals surface area contributed by atoms with Crippen LogP contribution in [0, 0.1) is 6.92 Å². The van der Waals surface area contributed by atoms with Crippen molar-refractivity contribution in [1.82, 2.24) is 20.2 Å². The van der Waals surface area contributed by atoms with Gasteiger partial charge in [0.25, 0.3) is 0 Å². The zero-order valence-corrected chi connectivity index (χ0v) is 13.7. The molecule has 126 valence electrons. The molecule has 23 heavy (non-hydrogen) atoms. The number of likely N-dealkylation sites (tertiary alicyclic amines) is 1. The van der Waals surface area contributed by atoms with Gasteiger partial charge in [-0.05, 0) is 13.3 Å². The molecule has 0 unspecified atom stereocenters. The molecular weight excluding hydrogens is 296 g/mol. The minimum absolute atomic E-state index is 0.0616. The first-order valence-electron chi connectivity index (χ1n) is 8.11. The summed E-state index contributed by atoms with van der Waals surface area (Å²) in [5, 5.41) is 2.90. The van der Waals surface area contributed by atoms with Crippen LogP contribution < -0.4 is 5.32 Å². The predicted octanol–water partition coefficient (Wildman–Crippen LogP) is 0.279. The highest BCUT2D eigenvalue weighted by Gasteiger charge is 2.45. The van der Waals surface area contributed by atoms with Gasteiger partial charge in [-0.2, -0.15) is 0 Å². The van der Waals surface area contributed by atoms with E-state index in [-0.39, 0.29) is 18.1 Å². The lowest BCUT2D eigenvalue weighted by Gasteiger charge is -2.21. The number of rotatable bonds is 6. The van der Waals surface area contributed by atoms with Crippen LogP contribution in [0.4, 0.5) is 0 Å². The highest BCUT2D eigenvalue weighted by atomic mass is 16.5. The molecule has 7 nitrogen and oxygen atoms in total. The molecule has 7 heteroatoms. The average molecular weight is 320 g/mol. The highest BCUT2D eigenvalue weighted by Crippen LogP contribution is 2.32. The number of hydrogen-bond donors (Lipinski definition) is 1. The average Bonchev–Trinajstić information content (AvgIpc) is 3.13. The van der Waals surface area contributed by atoms with E-state index in [2.05, 4.69) is 20.2 Å². The Morgan fingerprint density at radius 3 is 3.09 bits per heavy atom. The number of amides is 1. The Labute approximate surface area is 136 Å². The number of aromatic nitrogens is 2. The fraction of sp³-hybridized carbons (Fsp3) is 0.688. The number of carbonyl (C=O) groups is 1. The van der Waals surface area contributed by atoms with Gasteiger partial charge >= 0.3 is 0 Å². The Bertz CT molecular complexity index is 537. The third kappa shape index (κ3) is 3.85. The largest absolute Gasteiger partial charge is 0.383 e. The summed E-state index contributed by atoms with van der Waals surface area (Å²) in [7, 11) is 1.71. The molecule has 3 heterocycles. The number of nitrogens with zero attached hydrogens (tertiary/aromatic N) is 3. The van der Waals surface area contributed by atoms with E-state index in [9.17, 15) is 4.79 Å². The van der Waals surface area contributed by atoms with Crippen molar-refractivity contribution >= 4 is 5.91 Å². The summed E-state index contributed by atoms with van der Waals surface area (Å²) < 4.78 is 11.1. The van der Waals surface area contributed by atoms with Crippen LogP contribution in [0.1, 0.15) is 24.2 Å². The lowest BCUT2D eigenvalue weighted by atomic mass is 10.1. The number of fused-ring (bicyclic) bond motifs is 1. The fourth-order valence-corrected chi connectivity index (χ4v) is 3.29. The van der Waals surface area contributed by atoms with E-state index in [4.69, 9.17) is 9.47 Å². The lowest BCUT2D eigenvalue weighted by Crippen LogP contribution is -2.37. The van der Waals surface area contributed by atoms with Crippen LogP contribution in [0.2, 0.25) is 0 Å². The van der Waals surface area contributed by atoms with Gasteiger partial charge in [0.05, 0.1) is 36.8 Å². The lowest BCUT2D eigenvalue weighted by molar-refractivity contribution is -0.132. The maximum Gasteiger partial charge on any atom is 0.249 e. The van der Waals surface area contributed by atoms with Crippen LogP contribution >= 0.6 is 0 Å². The Morgan fingerprint density at radius 2 is 2.35 bits per heavy atom. The van der Waals surface area contributed by atoms with E-state index in [0.29, 0.717) is 19.2 Å². The molecule has 1 amide bonds. The van der Waals surface area contributed by atoms with Crippen LogP contribution in [0.25, 0.3) is 0 Å². The topological polar surface area (TPSA) is 76.6 Å². The van der Waals surface area contributed by atoms with Gasteiger partial charge in [-0.15, -0.1) is 0 Å². The summed E-state index contributed by atoms with van der Waals surface area (Å²) in [5.41, 5.74) is 1.62. The minimum atomic E-state index is -0.367. The Kier molecular flexibility index (Phi) is 5.20. The first kappa shape index (κ1) is 16.3. The molecule has 3 rings (SSSR count). The molecule has 1 N–H and O–H groups in total. The standard InChI is InChI=1S/C16H24N4O3/c1-11-8-18-12(9-17-11)10-19-16(21)15-7-13-14(23-15)3-4-20(13)5-6-22-2/h8-9,13-15H,3-7,10H2,1-2H3,(H,19,21)/t13-,14-,15+/m1/s1. The molecule has 0 aliphatic carbocycles. The normalized spacial score (nSPS) is 27.1. The summed E-state index contributed by atoms with van der Waals surface area (Å²) in [4.78, 5) is 23.1. The molecule has 1 aromatic rings. The first-order chi connectivity index (χ1) is 11.2. The van der Waals surface area contributed by atoms with Gasteiger partial charge in [0.1, 0.15) is 6.10 Å². The summed E-state index contributed by atoms with van der Waals surface area (Å²) in [5.74, 6) is -0.0616. The van der Waals surface area contributed by atoms with E-state index in [0.717, 1.165) is 37.3 Å². The molecule has 0 spiro atoms. The maximum atomic E-state index is 12.3. The molecule has 0 saturated carbocycles. The van der Waals surface area contributed by atoms with Gasteiger partial charge in [-0.1, -0.05) is 0 Å². The Balaban J connectivity index is 1.48. The monoisotopic (exact) mass is 320 g/mol. The van der Waals surface area contributed by atoms with Crippen molar-refractivity contribution in [1.29, 1.82) is 0 Å². The second-order valence-corrected chi connectivity index (χ2v) is 6.15.